The SMILES string of the molecule is O=[N+]([O-])c1cccc2ccc(O)cc12. The minimum absolute atomic E-state index is 0.0124. The average molecular weight is 189 g/mol. The molecule has 0 heterocycles. The Morgan fingerprint density at radius 2 is 2.00 bits per heavy atom. The minimum atomic E-state index is -0.457. The smallest absolute Gasteiger partial charge is 0.277 e. The predicted octanol–water partition coefficient (Wildman–Crippen LogP) is 2.45. The first-order valence-corrected chi connectivity index (χ1v) is 4.04. The summed E-state index contributed by atoms with van der Waals surface area (Å²) in [5.74, 6) is 0.0341. The van der Waals surface area contributed by atoms with Crippen molar-refractivity contribution in [1.29, 1.82) is 0 Å². The molecule has 0 amide bonds. The highest BCUT2D eigenvalue weighted by Gasteiger charge is 2.10. The summed E-state index contributed by atoms with van der Waals surface area (Å²) >= 11 is 0. The summed E-state index contributed by atoms with van der Waals surface area (Å²) in [6, 6.07) is 9.36. The zero-order valence-electron chi connectivity index (χ0n) is 7.18. The van der Waals surface area contributed by atoms with Crippen LogP contribution in [0.25, 0.3) is 10.8 Å². The Balaban J connectivity index is 2.84. The van der Waals surface area contributed by atoms with Crippen molar-refractivity contribution < 1.29 is 10.0 Å². The molecule has 0 bridgehead atoms. The lowest BCUT2D eigenvalue weighted by Crippen LogP contribution is -1.88. The minimum Gasteiger partial charge on any atom is -0.508 e. The number of phenolic OH excluding ortho intramolecular Hbond substituents is 1. The van der Waals surface area contributed by atoms with Crippen molar-refractivity contribution in [2.45, 2.75) is 0 Å². The van der Waals surface area contributed by atoms with Crippen molar-refractivity contribution in [3.05, 3.63) is 46.5 Å². The lowest BCUT2D eigenvalue weighted by atomic mass is 10.1. The number of nitro groups is 1. The highest BCUT2D eigenvalue weighted by Crippen LogP contribution is 2.28. The van der Waals surface area contributed by atoms with E-state index in [4.69, 9.17) is 0 Å². The maximum Gasteiger partial charge on any atom is 0.277 e. The molecule has 0 aliphatic carbocycles. The summed E-state index contributed by atoms with van der Waals surface area (Å²) in [6.45, 7) is 0. The molecule has 1 N–H and O–H groups in total. The summed E-state index contributed by atoms with van der Waals surface area (Å²) in [5, 5.41) is 21.1. The second kappa shape index (κ2) is 2.99. The molecule has 70 valence electrons. The molecule has 0 saturated carbocycles. The highest BCUT2D eigenvalue weighted by atomic mass is 16.6. The van der Waals surface area contributed by atoms with Crippen molar-refractivity contribution in [3.8, 4) is 5.75 Å². The first-order chi connectivity index (χ1) is 6.68. The van der Waals surface area contributed by atoms with E-state index >= 15 is 0 Å². The van der Waals surface area contributed by atoms with Gasteiger partial charge in [0.1, 0.15) is 5.75 Å². The molecule has 2 aromatic rings. The third kappa shape index (κ3) is 1.26. The van der Waals surface area contributed by atoms with Crippen LogP contribution in [0.3, 0.4) is 0 Å². The zero-order chi connectivity index (χ0) is 10.1. The van der Waals surface area contributed by atoms with E-state index in [1.54, 1.807) is 18.2 Å². The van der Waals surface area contributed by atoms with Gasteiger partial charge in [-0.3, -0.25) is 10.1 Å². The van der Waals surface area contributed by atoms with Gasteiger partial charge in [-0.05, 0) is 17.5 Å². The molecule has 0 radical (unpaired) electrons. The van der Waals surface area contributed by atoms with Gasteiger partial charge in [0.2, 0.25) is 0 Å². The van der Waals surface area contributed by atoms with Crippen molar-refractivity contribution in [3.63, 3.8) is 0 Å². The number of hydrogen-bond acceptors (Lipinski definition) is 3. The molecule has 0 aromatic heterocycles. The zero-order valence-corrected chi connectivity index (χ0v) is 7.18. The third-order valence-electron chi connectivity index (χ3n) is 2.04. The fourth-order valence-electron chi connectivity index (χ4n) is 1.40. The number of nitrogens with zero attached hydrogens (tertiary/aromatic N) is 1. The summed E-state index contributed by atoms with van der Waals surface area (Å²) in [6.07, 6.45) is 0. The summed E-state index contributed by atoms with van der Waals surface area (Å²) in [4.78, 5) is 10.2. The van der Waals surface area contributed by atoms with E-state index in [1.165, 1.54) is 18.2 Å². The Labute approximate surface area is 79.6 Å². The number of non-ortho nitro benzene ring substituents is 1. The molecule has 0 saturated heterocycles. The van der Waals surface area contributed by atoms with Crippen molar-refractivity contribution >= 4 is 16.5 Å². The van der Waals surface area contributed by atoms with Crippen LogP contribution in [0.4, 0.5) is 5.69 Å². The van der Waals surface area contributed by atoms with E-state index in [0.29, 0.717) is 5.39 Å². The standard InChI is InChI=1S/C10H7NO3/c12-8-5-4-7-2-1-3-10(11(13)14)9(7)6-8/h1-6,12H. The Hall–Kier alpha value is -2.10. The molecular formula is C10H7NO3. The fourth-order valence-corrected chi connectivity index (χ4v) is 1.40. The summed E-state index contributed by atoms with van der Waals surface area (Å²) < 4.78 is 0. The maximum absolute atomic E-state index is 10.7. The Morgan fingerprint density at radius 3 is 2.71 bits per heavy atom. The van der Waals surface area contributed by atoms with Gasteiger partial charge in [0.05, 0.1) is 10.3 Å². The quantitative estimate of drug-likeness (QED) is 0.553. The van der Waals surface area contributed by atoms with E-state index in [0.717, 1.165) is 5.39 Å². The van der Waals surface area contributed by atoms with Gasteiger partial charge < -0.3 is 5.11 Å². The number of nitro benzene ring substituents is 1. The second-order valence-electron chi connectivity index (χ2n) is 2.94. The maximum atomic E-state index is 10.7. The fraction of sp³-hybridized carbons (Fsp3) is 0. The van der Waals surface area contributed by atoms with Crippen LogP contribution in [0, 0.1) is 10.1 Å². The monoisotopic (exact) mass is 189 g/mol. The van der Waals surface area contributed by atoms with E-state index in [9.17, 15) is 15.2 Å². The Kier molecular flexibility index (Phi) is 1.81. The third-order valence-corrected chi connectivity index (χ3v) is 2.04. The molecule has 4 heteroatoms. The summed E-state index contributed by atoms with van der Waals surface area (Å²) in [5.41, 5.74) is 0.0124. The number of hydrogen-bond donors (Lipinski definition) is 1. The van der Waals surface area contributed by atoms with Gasteiger partial charge in [-0.15, -0.1) is 0 Å². The van der Waals surface area contributed by atoms with E-state index < -0.39 is 4.92 Å². The number of fused-ring (bicyclic) bond motifs is 1. The van der Waals surface area contributed by atoms with Crippen molar-refractivity contribution in [1.82, 2.24) is 0 Å². The number of benzene rings is 2. The van der Waals surface area contributed by atoms with Crippen LogP contribution in [-0.2, 0) is 0 Å². The van der Waals surface area contributed by atoms with Gasteiger partial charge in [-0.2, -0.15) is 0 Å². The van der Waals surface area contributed by atoms with Crippen molar-refractivity contribution in [2.24, 2.45) is 0 Å². The van der Waals surface area contributed by atoms with Gasteiger partial charge >= 0.3 is 0 Å². The van der Waals surface area contributed by atoms with E-state index in [1.807, 2.05) is 0 Å². The normalized spacial score (nSPS) is 10.3. The molecule has 14 heavy (non-hydrogen) atoms. The van der Waals surface area contributed by atoms with Crippen LogP contribution in [0.15, 0.2) is 36.4 Å². The summed E-state index contributed by atoms with van der Waals surface area (Å²) in [7, 11) is 0. The molecule has 0 unspecified atom stereocenters. The van der Waals surface area contributed by atoms with Gasteiger partial charge in [-0.25, -0.2) is 0 Å². The molecule has 0 atom stereocenters. The van der Waals surface area contributed by atoms with E-state index in [2.05, 4.69) is 0 Å². The molecule has 0 spiro atoms. The molecule has 2 rings (SSSR count). The highest BCUT2D eigenvalue weighted by molar-refractivity contribution is 5.91. The van der Waals surface area contributed by atoms with Crippen LogP contribution in [-0.4, -0.2) is 10.0 Å². The number of phenols is 1. The lowest BCUT2D eigenvalue weighted by Gasteiger charge is -1.99. The van der Waals surface area contributed by atoms with Gasteiger partial charge in [0, 0.05) is 6.07 Å². The lowest BCUT2D eigenvalue weighted by molar-refractivity contribution is -0.383. The van der Waals surface area contributed by atoms with Gasteiger partial charge in [0.25, 0.3) is 5.69 Å². The molecule has 2 aromatic carbocycles. The number of aromatic hydroxyl groups is 1. The van der Waals surface area contributed by atoms with Crippen LogP contribution in [0.1, 0.15) is 0 Å². The Bertz CT molecular complexity index is 508. The molecular weight excluding hydrogens is 182 g/mol. The predicted molar refractivity (Wildman–Crippen MR) is 52.3 cm³/mol. The van der Waals surface area contributed by atoms with Crippen molar-refractivity contribution in [2.75, 3.05) is 0 Å². The van der Waals surface area contributed by atoms with Crippen LogP contribution >= 0.6 is 0 Å². The first-order valence-electron chi connectivity index (χ1n) is 4.04. The molecule has 0 fully saturated rings. The average Bonchev–Trinajstić information content (AvgIpc) is 2.16. The van der Waals surface area contributed by atoms with Crippen LogP contribution in [0.5, 0.6) is 5.75 Å². The first kappa shape index (κ1) is 8.50. The molecule has 0 aliphatic rings. The van der Waals surface area contributed by atoms with E-state index in [-0.39, 0.29) is 11.4 Å². The van der Waals surface area contributed by atoms with Gasteiger partial charge in [-0.1, -0.05) is 18.2 Å². The van der Waals surface area contributed by atoms with Crippen LogP contribution < -0.4 is 0 Å². The molecule has 4 nitrogen and oxygen atoms in total. The number of rotatable bonds is 1. The van der Waals surface area contributed by atoms with Gasteiger partial charge in [0.15, 0.2) is 0 Å². The largest absolute Gasteiger partial charge is 0.508 e. The molecule has 0 aliphatic heterocycles. The Morgan fingerprint density at radius 1 is 1.21 bits per heavy atom. The second-order valence-corrected chi connectivity index (χ2v) is 2.94. The van der Waals surface area contributed by atoms with Crippen LogP contribution in [0.2, 0.25) is 0 Å². The topological polar surface area (TPSA) is 63.4 Å².